The second-order valence-corrected chi connectivity index (χ2v) is 11.0. The van der Waals surface area contributed by atoms with E-state index in [4.69, 9.17) is 11.6 Å². The second kappa shape index (κ2) is 9.44. The SMILES string of the molecule is Cc1c(Sc2cccc(C(=O)O)c2)c2ccc(Cl)c(F)c2n1CC(=O)N1CCC2(CC1)CNC(=O)C2. The van der Waals surface area contributed by atoms with Crippen molar-refractivity contribution in [1.29, 1.82) is 0 Å². The Hall–Kier alpha value is -3.04. The van der Waals surface area contributed by atoms with E-state index in [-0.39, 0.29) is 39.9 Å². The molecular formula is C26H25ClFN3O4S. The summed E-state index contributed by atoms with van der Waals surface area (Å²) < 4.78 is 16.9. The monoisotopic (exact) mass is 529 g/mol. The average molecular weight is 530 g/mol. The van der Waals surface area contributed by atoms with E-state index in [9.17, 15) is 19.5 Å². The molecule has 3 heterocycles. The maximum absolute atomic E-state index is 15.3. The van der Waals surface area contributed by atoms with E-state index in [0.717, 1.165) is 17.7 Å². The number of carboxylic acids is 1. The van der Waals surface area contributed by atoms with Gasteiger partial charge in [0.05, 0.1) is 16.1 Å². The Morgan fingerprint density at radius 2 is 1.97 bits per heavy atom. The van der Waals surface area contributed by atoms with E-state index in [2.05, 4.69) is 5.32 Å². The van der Waals surface area contributed by atoms with Crippen LogP contribution in [0.1, 0.15) is 35.3 Å². The molecule has 0 atom stereocenters. The summed E-state index contributed by atoms with van der Waals surface area (Å²) in [7, 11) is 0. The largest absolute Gasteiger partial charge is 0.478 e. The smallest absolute Gasteiger partial charge is 0.335 e. The molecule has 1 aromatic heterocycles. The summed E-state index contributed by atoms with van der Waals surface area (Å²) in [5, 5.41) is 12.8. The van der Waals surface area contributed by atoms with Crippen LogP contribution >= 0.6 is 23.4 Å². The van der Waals surface area contributed by atoms with E-state index in [0.29, 0.717) is 42.0 Å². The molecule has 1 spiro atoms. The van der Waals surface area contributed by atoms with Crippen LogP contribution < -0.4 is 5.32 Å². The van der Waals surface area contributed by atoms with Gasteiger partial charge >= 0.3 is 5.97 Å². The Balaban J connectivity index is 1.44. The Kier molecular flexibility index (Phi) is 6.46. The number of halogens is 2. The number of hydrogen-bond donors (Lipinski definition) is 2. The van der Waals surface area contributed by atoms with Gasteiger partial charge in [-0.1, -0.05) is 29.4 Å². The summed E-state index contributed by atoms with van der Waals surface area (Å²) in [6.07, 6.45) is 2.01. The summed E-state index contributed by atoms with van der Waals surface area (Å²) in [5.41, 5.74) is 1.04. The molecule has 0 radical (unpaired) electrons. The number of piperidine rings is 1. The molecule has 0 unspecified atom stereocenters. The molecule has 10 heteroatoms. The van der Waals surface area contributed by atoms with Crippen LogP contribution in [-0.4, -0.2) is 52.0 Å². The summed E-state index contributed by atoms with van der Waals surface area (Å²) in [5.74, 6) is -1.67. The lowest BCUT2D eigenvalue weighted by molar-refractivity contribution is -0.134. The Morgan fingerprint density at radius 1 is 1.22 bits per heavy atom. The lowest BCUT2D eigenvalue weighted by Gasteiger charge is -2.38. The zero-order chi connectivity index (χ0) is 25.6. The maximum atomic E-state index is 15.3. The van der Waals surface area contributed by atoms with Gasteiger partial charge in [0.25, 0.3) is 0 Å². The van der Waals surface area contributed by atoms with Crippen molar-refractivity contribution in [3.05, 3.63) is 58.5 Å². The third kappa shape index (κ3) is 4.46. The molecular weight excluding hydrogens is 505 g/mol. The number of nitrogens with one attached hydrogen (secondary N) is 1. The van der Waals surface area contributed by atoms with Crippen LogP contribution in [0.25, 0.3) is 10.9 Å². The molecule has 2 aliphatic rings. The highest BCUT2D eigenvalue weighted by Gasteiger charge is 2.41. The quantitative estimate of drug-likeness (QED) is 0.499. The van der Waals surface area contributed by atoms with Gasteiger partial charge in [-0.05, 0) is 55.5 Å². The highest BCUT2D eigenvalue weighted by molar-refractivity contribution is 7.99. The van der Waals surface area contributed by atoms with Gasteiger partial charge in [-0.3, -0.25) is 9.59 Å². The lowest BCUT2D eigenvalue weighted by atomic mass is 9.77. The van der Waals surface area contributed by atoms with Crippen LogP contribution in [0.5, 0.6) is 0 Å². The average Bonchev–Trinajstić information content (AvgIpc) is 3.34. The number of carboxylic acid groups (broad SMARTS) is 1. The molecule has 36 heavy (non-hydrogen) atoms. The van der Waals surface area contributed by atoms with Crippen LogP contribution in [0.3, 0.4) is 0 Å². The number of aromatic carboxylic acids is 1. The van der Waals surface area contributed by atoms with Crippen molar-refractivity contribution in [3.63, 3.8) is 0 Å². The van der Waals surface area contributed by atoms with E-state index in [1.807, 2.05) is 6.92 Å². The maximum Gasteiger partial charge on any atom is 0.335 e. The summed E-state index contributed by atoms with van der Waals surface area (Å²) in [4.78, 5) is 39.6. The molecule has 0 bridgehead atoms. The van der Waals surface area contributed by atoms with Gasteiger partial charge in [0.2, 0.25) is 11.8 Å². The first-order chi connectivity index (χ1) is 17.2. The zero-order valence-corrected chi connectivity index (χ0v) is 21.2. The standard InChI is InChI=1S/C26H25ClFN3O4S/c1-15-24(36-17-4-2-3-16(11-17)25(34)35)18-5-6-19(27)22(28)23(18)31(15)13-21(33)30-9-7-26(8-10-30)12-20(32)29-14-26/h2-6,11H,7-10,12-14H2,1H3,(H,29,32)(H,34,35). The van der Waals surface area contributed by atoms with Crippen molar-refractivity contribution in [2.75, 3.05) is 19.6 Å². The zero-order valence-electron chi connectivity index (χ0n) is 19.6. The van der Waals surface area contributed by atoms with Gasteiger partial charge in [0.15, 0.2) is 5.82 Å². The summed E-state index contributed by atoms with van der Waals surface area (Å²) in [6, 6.07) is 9.76. The van der Waals surface area contributed by atoms with Crippen molar-refractivity contribution in [1.82, 2.24) is 14.8 Å². The highest BCUT2D eigenvalue weighted by Crippen LogP contribution is 2.41. The number of carbonyl (C=O) groups excluding carboxylic acids is 2. The third-order valence-corrected chi connectivity index (χ3v) is 8.79. The molecule has 2 N–H and O–H groups in total. The third-order valence-electron chi connectivity index (χ3n) is 7.28. The summed E-state index contributed by atoms with van der Waals surface area (Å²) in [6.45, 7) is 3.55. The number of fused-ring (bicyclic) bond motifs is 1. The molecule has 0 saturated carbocycles. The molecule has 5 rings (SSSR count). The molecule has 2 saturated heterocycles. The minimum Gasteiger partial charge on any atom is -0.478 e. The van der Waals surface area contributed by atoms with Crippen LogP contribution in [0.15, 0.2) is 46.2 Å². The molecule has 7 nitrogen and oxygen atoms in total. The van der Waals surface area contributed by atoms with Crippen molar-refractivity contribution in [2.24, 2.45) is 5.41 Å². The van der Waals surface area contributed by atoms with Crippen LogP contribution in [0.4, 0.5) is 4.39 Å². The first kappa shape index (κ1) is 24.6. The van der Waals surface area contributed by atoms with E-state index in [1.165, 1.54) is 23.9 Å². The first-order valence-corrected chi connectivity index (χ1v) is 12.9. The van der Waals surface area contributed by atoms with Gasteiger partial charge in [-0.25, -0.2) is 9.18 Å². The van der Waals surface area contributed by atoms with Gasteiger partial charge in [-0.2, -0.15) is 0 Å². The number of benzene rings is 2. The number of aromatic nitrogens is 1. The van der Waals surface area contributed by atoms with Crippen LogP contribution in [0, 0.1) is 18.2 Å². The van der Waals surface area contributed by atoms with Crippen molar-refractivity contribution in [2.45, 2.75) is 42.5 Å². The minimum atomic E-state index is -1.03. The minimum absolute atomic E-state index is 0.0311. The van der Waals surface area contributed by atoms with Crippen LogP contribution in [-0.2, 0) is 16.1 Å². The van der Waals surface area contributed by atoms with Gasteiger partial charge in [0.1, 0.15) is 6.54 Å². The van der Waals surface area contributed by atoms with Crippen molar-refractivity contribution in [3.8, 4) is 0 Å². The molecule has 3 aromatic rings. The first-order valence-electron chi connectivity index (χ1n) is 11.7. The molecule has 0 aliphatic carbocycles. The predicted octanol–water partition coefficient (Wildman–Crippen LogP) is 4.72. The van der Waals surface area contributed by atoms with E-state index in [1.54, 1.807) is 33.7 Å². The normalized spacial score (nSPS) is 17.1. The Bertz CT molecular complexity index is 1400. The number of nitrogens with zero attached hydrogens (tertiary/aromatic N) is 2. The fourth-order valence-electron chi connectivity index (χ4n) is 5.18. The summed E-state index contributed by atoms with van der Waals surface area (Å²) >= 11 is 7.44. The molecule has 2 aromatic carbocycles. The number of rotatable bonds is 5. The Labute approximate surface area is 216 Å². The van der Waals surface area contributed by atoms with Gasteiger partial charge < -0.3 is 19.9 Å². The molecule has 2 aliphatic heterocycles. The fourth-order valence-corrected chi connectivity index (χ4v) is 6.43. The number of amides is 2. The van der Waals surface area contributed by atoms with Crippen LogP contribution in [0.2, 0.25) is 5.02 Å². The molecule has 188 valence electrons. The number of likely N-dealkylation sites (tertiary alicyclic amines) is 1. The van der Waals surface area contributed by atoms with Crippen molar-refractivity contribution < 1.29 is 23.9 Å². The second-order valence-electron chi connectivity index (χ2n) is 9.53. The van der Waals surface area contributed by atoms with Gasteiger partial charge in [0, 0.05) is 46.9 Å². The van der Waals surface area contributed by atoms with Crippen molar-refractivity contribution >= 4 is 52.0 Å². The van der Waals surface area contributed by atoms with E-state index < -0.39 is 11.8 Å². The Morgan fingerprint density at radius 3 is 2.64 bits per heavy atom. The van der Waals surface area contributed by atoms with E-state index >= 15 is 4.39 Å². The number of hydrogen-bond acceptors (Lipinski definition) is 4. The predicted molar refractivity (Wildman–Crippen MR) is 135 cm³/mol. The fraction of sp³-hybridized carbons (Fsp3) is 0.346. The van der Waals surface area contributed by atoms with Gasteiger partial charge in [-0.15, -0.1) is 0 Å². The molecule has 2 amide bonds. The lowest BCUT2D eigenvalue weighted by Crippen LogP contribution is -2.45. The molecule has 2 fully saturated rings. The number of carbonyl (C=O) groups is 3. The topological polar surface area (TPSA) is 91.6 Å². The highest BCUT2D eigenvalue weighted by atomic mass is 35.5.